The van der Waals surface area contributed by atoms with Gasteiger partial charge in [0, 0.05) is 5.56 Å². The fraction of sp³-hybridized carbons (Fsp3) is 0.0625. The van der Waals surface area contributed by atoms with Crippen molar-refractivity contribution in [3.05, 3.63) is 60.4 Å². The molecule has 3 aromatic rings. The molecule has 9 nitrogen and oxygen atoms in total. The highest BCUT2D eigenvalue weighted by molar-refractivity contribution is 5.90. The summed E-state index contributed by atoms with van der Waals surface area (Å²) in [4.78, 5) is 12.8. The summed E-state index contributed by atoms with van der Waals surface area (Å²) >= 11 is 0. The number of carbonyl (C=O) groups excluding carboxylic acids is 1. The fourth-order valence-corrected chi connectivity index (χ4v) is 1.95. The number of tetrazole rings is 1. The first-order valence-electron chi connectivity index (χ1n) is 7.24. The zero-order chi connectivity index (χ0) is 17.6. The Morgan fingerprint density at radius 2 is 2.12 bits per heavy atom. The third-order valence-corrected chi connectivity index (χ3v) is 3.14. The Morgan fingerprint density at radius 3 is 2.80 bits per heavy atom. The van der Waals surface area contributed by atoms with Gasteiger partial charge in [-0.3, -0.25) is 0 Å². The number of benzene rings is 1. The lowest BCUT2D eigenvalue weighted by atomic mass is 10.1. The van der Waals surface area contributed by atoms with E-state index in [2.05, 4.69) is 27.2 Å². The Morgan fingerprint density at radius 1 is 1.32 bits per heavy atom. The molecule has 0 aliphatic carbocycles. The number of hydrogen-bond acceptors (Lipinski definition) is 8. The fourth-order valence-electron chi connectivity index (χ4n) is 1.95. The number of nitrogens with zero attached hydrogens (tertiary/aromatic N) is 5. The van der Waals surface area contributed by atoms with E-state index in [9.17, 15) is 4.79 Å². The highest BCUT2D eigenvalue weighted by Crippen LogP contribution is 2.22. The van der Waals surface area contributed by atoms with E-state index in [4.69, 9.17) is 14.9 Å². The summed E-state index contributed by atoms with van der Waals surface area (Å²) in [6.45, 7) is 3.67. The van der Waals surface area contributed by atoms with Gasteiger partial charge in [-0.2, -0.15) is 5.10 Å². The van der Waals surface area contributed by atoms with Crippen LogP contribution in [0.1, 0.15) is 16.1 Å². The number of ether oxygens (including phenoxy) is 1. The lowest BCUT2D eigenvalue weighted by Crippen LogP contribution is -2.04. The lowest BCUT2D eigenvalue weighted by Gasteiger charge is -2.02. The number of furan rings is 1. The quantitative estimate of drug-likeness (QED) is 0.412. The van der Waals surface area contributed by atoms with Gasteiger partial charge in [0.1, 0.15) is 18.1 Å². The predicted molar refractivity (Wildman–Crippen MR) is 89.8 cm³/mol. The molecule has 0 bridgehead atoms. The molecule has 2 N–H and O–H groups in total. The molecular formula is C16H14N6O3. The highest BCUT2D eigenvalue weighted by atomic mass is 16.5. The number of nitrogens with two attached hydrogens (primary N) is 1. The van der Waals surface area contributed by atoms with Crippen molar-refractivity contribution in [2.75, 3.05) is 12.3 Å². The molecule has 0 saturated heterocycles. The Bertz CT molecular complexity index is 910. The molecule has 9 heteroatoms. The first-order chi connectivity index (χ1) is 12.2. The van der Waals surface area contributed by atoms with Crippen LogP contribution in [0.15, 0.2) is 58.6 Å². The van der Waals surface area contributed by atoms with Crippen LogP contribution in [0, 0.1) is 0 Å². The predicted octanol–water partition coefficient (Wildman–Crippen LogP) is 1.74. The summed E-state index contributed by atoms with van der Waals surface area (Å²) in [7, 11) is 0. The number of hydrogen-bond donors (Lipinski definition) is 1. The molecule has 2 aromatic heterocycles. The average Bonchev–Trinajstić information content (AvgIpc) is 3.27. The molecule has 0 aliphatic rings. The van der Waals surface area contributed by atoms with Gasteiger partial charge in [0.25, 0.3) is 5.95 Å². The van der Waals surface area contributed by atoms with Crippen molar-refractivity contribution >= 4 is 18.1 Å². The van der Waals surface area contributed by atoms with Crippen LogP contribution in [0.5, 0.6) is 0 Å². The largest absolute Gasteiger partial charge is 0.458 e. The van der Waals surface area contributed by atoms with Crippen LogP contribution in [-0.2, 0) is 4.74 Å². The van der Waals surface area contributed by atoms with Crippen molar-refractivity contribution in [3.63, 3.8) is 0 Å². The smallest absolute Gasteiger partial charge is 0.338 e. The molecule has 126 valence electrons. The normalized spacial score (nSPS) is 10.9. The van der Waals surface area contributed by atoms with Gasteiger partial charge in [0.2, 0.25) is 0 Å². The van der Waals surface area contributed by atoms with Gasteiger partial charge in [0.15, 0.2) is 0 Å². The molecule has 0 fully saturated rings. The summed E-state index contributed by atoms with van der Waals surface area (Å²) < 4.78 is 10.6. The second-order valence-electron chi connectivity index (χ2n) is 4.84. The maximum Gasteiger partial charge on any atom is 0.338 e. The zero-order valence-electron chi connectivity index (χ0n) is 13.1. The number of anilines is 1. The second kappa shape index (κ2) is 7.21. The third kappa shape index (κ3) is 3.78. The summed E-state index contributed by atoms with van der Waals surface area (Å²) in [5.41, 5.74) is 6.77. The molecule has 2 heterocycles. The van der Waals surface area contributed by atoms with Crippen molar-refractivity contribution in [1.29, 1.82) is 0 Å². The molecule has 0 amide bonds. The minimum Gasteiger partial charge on any atom is -0.458 e. The van der Waals surface area contributed by atoms with Crippen molar-refractivity contribution in [2.45, 2.75) is 0 Å². The molecule has 0 aliphatic heterocycles. The van der Waals surface area contributed by atoms with E-state index in [0.29, 0.717) is 17.1 Å². The number of aromatic nitrogens is 4. The van der Waals surface area contributed by atoms with Gasteiger partial charge >= 0.3 is 5.97 Å². The molecular weight excluding hydrogens is 324 g/mol. The van der Waals surface area contributed by atoms with Crippen LogP contribution in [0.25, 0.3) is 11.3 Å². The summed E-state index contributed by atoms with van der Waals surface area (Å²) in [6.07, 6.45) is 2.96. The molecule has 25 heavy (non-hydrogen) atoms. The summed E-state index contributed by atoms with van der Waals surface area (Å²) in [5.74, 6) is 0.788. The van der Waals surface area contributed by atoms with Gasteiger partial charge in [-0.05, 0) is 34.7 Å². The van der Waals surface area contributed by atoms with Crippen LogP contribution in [0.3, 0.4) is 0 Å². The van der Waals surface area contributed by atoms with Crippen LogP contribution in [-0.4, -0.2) is 39.1 Å². The van der Waals surface area contributed by atoms with Gasteiger partial charge < -0.3 is 14.9 Å². The van der Waals surface area contributed by atoms with Crippen molar-refractivity contribution in [3.8, 4) is 11.3 Å². The molecule has 0 atom stereocenters. The monoisotopic (exact) mass is 338 g/mol. The van der Waals surface area contributed by atoms with E-state index < -0.39 is 5.97 Å². The number of nitrogen functional groups attached to an aromatic ring is 1. The van der Waals surface area contributed by atoms with Gasteiger partial charge in [0.05, 0.1) is 11.8 Å². The number of esters is 1. The van der Waals surface area contributed by atoms with Crippen LogP contribution in [0.4, 0.5) is 5.95 Å². The lowest BCUT2D eigenvalue weighted by molar-refractivity contribution is 0.0550. The molecule has 0 radical (unpaired) electrons. The first-order valence-corrected chi connectivity index (χ1v) is 7.24. The standard InChI is InChI=1S/C16H14N6O3/c1-2-9-24-15(23)12-5-3-11(4-6-12)14-8-7-13(25-14)10-18-22-16(17)19-20-21-22/h2-8,10H,1,9H2,(H2,17,19,21)/b18-10-. The Balaban J connectivity index is 1.71. The number of rotatable bonds is 6. The van der Waals surface area contributed by atoms with Crippen molar-refractivity contribution in [1.82, 2.24) is 20.3 Å². The van der Waals surface area contributed by atoms with Gasteiger partial charge in [-0.15, -0.1) is 0 Å². The maximum absolute atomic E-state index is 11.7. The first kappa shape index (κ1) is 16.1. The third-order valence-electron chi connectivity index (χ3n) is 3.14. The molecule has 0 spiro atoms. The van der Waals surface area contributed by atoms with Gasteiger partial charge in [-0.1, -0.05) is 34.7 Å². The minimum atomic E-state index is -0.405. The topological polar surface area (TPSA) is 121 Å². The van der Waals surface area contributed by atoms with Crippen molar-refractivity contribution in [2.24, 2.45) is 5.10 Å². The van der Waals surface area contributed by atoms with E-state index in [0.717, 1.165) is 10.4 Å². The SMILES string of the molecule is C=CCOC(=O)c1ccc(-c2ccc(/C=N\n3nnnc3N)o2)cc1. The Kier molecular flexibility index (Phi) is 4.65. The molecule has 3 rings (SSSR count). The van der Waals surface area contributed by atoms with Crippen LogP contribution in [0.2, 0.25) is 0 Å². The minimum absolute atomic E-state index is 0.0713. The molecule has 0 saturated carbocycles. The van der Waals surface area contributed by atoms with Crippen LogP contribution < -0.4 is 5.73 Å². The Labute approximate surface area is 142 Å². The molecule has 0 unspecified atom stereocenters. The number of carbonyl (C=O) groups is 1. The summed E-state index contributed by atoms with van der Waals surface area (Å²) in [5, 5.41) is 14.5. The second-order valence-corrected chi connectivity index (χ2v) is 4.84. The zero-order valence-corrected chi connectivity index (χ0v) is 13.1. The molecule has 1 aromatic carbocycles. The van der Waals surface area contributed by atoms with E-state index in [1.807, 2.05) is 0 Å². The highest BCUT2D eigenvalue weighted by Gasteiger charge is 2.08. The van der Waals surface area contributed by atoms with E-state index >= 15 is 0 Å². The Hall–Kier alpha value is -3.75. The van der Waals surface area contributed by atoms with Crippen LogP contribution >= 0.6 is 0 Å². The van der Waals surface area contributed by atoms with E-state index in [1.54, 1.807) is 36.4 Å². The van der Waals surface area contributed by atoms with E-state index in [-0.39, 0.29) is 12.6 Å². The summed E-state index contributed by atoms with van der Waals surface area (Å²) in [6, 6.07) is 10.4. The maximum atomic E-state index is 11.7. The van der Waals surface area contributed by atoms with Crippen molar-refractivity contribution < 1.29 is 13.9 Å². The average molecular weight is 338 g/mol. The van der Waals surface area contributed by atoms with E-state index in [1.165, 1.54) is 12.3 Å². The van der Waals surface area contributed by atoms with Gasteiger partial charge in [-0.25, -0.2) is 4.79 Å².